The zero-order valence-corrected chi connectivity index (χ0v) is 15.9. The lowest BCUT2D eigenvalue weighted by atomic mass is 9.86. The minimum Gasteiger partial charge on any atom is -0.349 e. The Hall–Kier alpha value is 0.490. The molecular formula is C15H20Cl4O3. The van der Waals surface area contributed by atoms with Gasteiger partial charge in [-0.2, -0.15) is 0 Å². The number of carbonyl (C=O) groups excluding carboxylic acids is 1. The highest BCUT2D eigenvalue weighted by molar-refractivity contribution is 6.58. The quantitative estimate of drug-likeness (QED) is 0.356. The Morgan fingerprint density at radius 1 is 1.05 bits per heavy atom. The number of fused-ring (bicyclic) bond motifs is 2. The Kier molecular flexibility index (Phi) is 5.49. The molecule has 2 rings (SSSR count). The van der Waals surface area contributed by atoms with E-state index < -0.39 is 21.5 Å². The first kappa shape index (κ1) is 18.8. The summed E-state index contributed by atoms with van der Waals surface area (Å²) in [5.74, 6) is -2.46. The van der Waals surface area contributed by atoms with Crippen LogP contribution in [0, 0.1) is 5.92 Å². The summed E-state index contributed by atoms with van der Waals surface area (Å²) in [4.78, 5) is 9.82. The molecular weight excluding hydrogens is 370 g/mol. The number of hydrogen-bond donors (Lipinski definition) is 0. The van der Waals surface area contributed by atoms with Gasteiger partial charge in [-0.1, -0.05) is 67.4 Å². The van der Waals surface area contributed by atoms with Crippen LogP contribution in [0.4, 0.5) is 0 Å². The van der Waals surface area contributed by atoms with E-state index in [-0.39, 0.29) is 15.8 Å². The van der Waals surface area contributed by atoms with Crippen molar-refractivity contribution in [3.05, 3.63) is 10.1 Å². The van der Waals surface area contributed by atoms with Crippen LogP contribution in [0.3, 0.4) is 0 Å². The maximum Gasteiger partial charge on any atom is 0.225 e. The molecule has 0 aromatic heterocycles. The van der Waals surface area contributed by atoms with E-state index in [0.29, 0.717) is 6.42 Å². The number of carbonyl (C=O) groups is 1. The largest absolute Gasteiger partial charge is 0.349 e. The second-order valence-electron chi connectivity index (χ2n) is 5.79. The molecule has 2 aliphatic rings. The van der Waals surface area contributed by atoms with Gasteiger partial charge in [-0.05, 0) is 6.42 Å². The van der Waals surface area contributed by atoms with Crippen LogP contribution >= 0.6 is 46.4 Å². The molecule has 0 N–H and O–H groups in total. The van der Waals surface area contributed by atoms with Gasteiger partial charge in [0.05, 0.1) is 10.1 Å². The molecule has 0 saturated heterocycles. The Morgan fingerprint density at radius 3 is 2.09 bits per heavy atom. The topological polar surface area (TPSA) is 35.5 Å². The molecule has 1 fully saturated rings. The number of hydrogen-bond acceptors (Lipinski definition) is 3. The molecule has 3 atom stereocenters. The predicted molar refractivity (Wildman–Crippen MR) is 89.9 cm³/mol. The average Bonchev–Trinajstić information content (AvgIpc) is 2.74. The van der Waals surface area contributed by atoms with Gasteiger partial charge in [-0.25, -0.2) is 0 Å². The SMILES string of the molecule is CCCCCC[C@@H]1C(=O)[C@]2(Cl)C(Cl)=C(Cl)[C@@]1(Cl)C2(OC)OC. The first-order chi connectivity index (χ1) is 10.3. The standard InChI is InChI=1S/C15H20Cl4O3/c1-4-5-6-7-8-9-12(20)14(19)11(17)10(16)13(9,18)15(14,21-2)22-3/h9H,4-8H2,1-3H3/t9-,13-,14-/m1/s1. The molecule has 126 valence electrons. The van der Waals surface area contributed by atoms with Crippen molar-refractivity contribution < 1.29 is 14.3 Å². The highest BCUT2D eigenvalue weighted by Gasteiger charge is 2.84. The molecule has 2 aliphatic carbocycles. The third-order valence-corrected chi connectivity index (χ3v) is 7.38. The lowest BCUT2D eigenvalue weighted by molar-refractivity contribution is -0.218. The third kappa shape index (κ3) is 1.99. The predicted octanol–water partition coefficient (Wildman–Crippen LogP) is 4.80. The Bertz CT molecular complexity index is 503. The molecule has 7 heteroatoms. The van der Waals surface area contributed by atoms with E-state index in [1.165, 1.54) is 14.2 Å². The van der Waals surface area contributed by atoms with Gasteiger partial charge >= 0.3 is 0 Å². The van der Waals surface area contributed by atoms with Crippen molar-refractivity contribution >= 4 is 52.2 Å². The third-order valence-electron chi connectivity index (χ3n) is 4.80. The molecule has 0 aliphatic heterocycles. The lowest BCUT2D eigenvalue weighted by Gasteiger charge is -2.40. The van der Waals surface area contributed by atoms with Gasteiger partial charge < -0.3 is 9.47 Å². The number of alkyl halides is 2. The van der Waals surface area contributed by atoms with Crippen LogP contribution in [-0.4, -0.2) is 35.5 Å². The number of rotatable bonds is 7. The molecule has 0 radical (unpaired) electrons. The first-order valence-electron chi connectivity index (χ1n) is 7.38. The van der Waals surface area contributed by atoms with Crippen LogP contribution in [0.2, 0.25) is 0 Å². The van der Waals surface area contributed by atoms with Crippen molar-refractivity contribution in [2.75, 3.05) is 14.2 Å². The molecule has 22 heavy (non-hydrogen) atoms. The molecule has 3 nitrogen and oxygen atoms in total. The van der Waals surface area contributed by atoms with Crippen molar-refractivity contribution in [3.63, 3.8) is 0 Å². The molecule has 0 spiro atoms. The number of ketones is 1. The Labute approximate surface area is 151 Å². The average molecular weight is 390 g/mol. The fourth-order valence-corrected chi connectivity index (χ4v) is 5.73. The lowest BCUT2D eigenvalue weighted by Crippen LogP contribution is -2.57. The molecule has 0 aromatic carbocycles. The van der Waals surface area contributed by atoms with Gasteiger partial charge in [0.2, 0.25) is 5.79 Å². The van der Waals surface area contributed by atoms with Crippen molar-refractivity contribution in [1.29, 1.82) is 0 Å². The van der Waals surface area contributed by atoms with Gasteiger partial charge in [0.15, 0.2) is 10.7 Å². The number of methoxy groups -OCH3 is 2. The highest BCUT2D eigenvalue weighted by atomic mass is 35.5. The molecule has 2 bridgehead atoms. The van der Waals surface area contributed by atoms with E-state index in [4.69, 9.17) is 55.9 Å². The summed E-state index contributed by atoms with van der Waals surface area (Å²) in [6.07, 6.45) is 4.66. The highest BCUT2D eigenvalue weighted by Crippen LogP contribution is 2.70. The van der Waals surface area contributed by atoms with Crippen molar-refractivity contribution in [2.45, 2.75) is 54.6 Å². The van der Waals surface area contributed by atoms with Gasteiger partial charge in [0, 0.05) is 20.1 Å². The summed E-state index contributed by atoms with van der Waals surface area (Å²) >= 11 is 26.0. The van der Waals surface area contributed by atoms with E-state index in [1.54, 1.807) is 0 Å². The fourth-order valence-electron chi connectivity index (χ4n) is 3.69. The summed E-state index contributed by atoms with van der Waals surface area (Å²) < 4.78 is 11.0. The maximum absolute atomic E-state index is 12.9. The van der Waals surface area contributed by atoms with Crippen LogP contribution in [0.25, 0.3) is 0 Å². The molecule has 0 heterocycles. The summed E-state index contributed by atoms with van der Waals surface area (Å²) in [7, 11) is 2.79. The van der Waals surface area contributed by atoms with Gasteiger partial charge in [-0.15, -0.1) is 11.6 Å². The van der Waals surface area contributed by atoms with Crippen LogP contribution in [0.5, 0.6) is 0 Å². The van der Waals surface area contributed by atoms with Crippen LogP contribution < -0.4 is 0 Å². The Morgan fingerprint density at radius 2 is 1.64 bits per heavy atom. The van der Waals surface area contributed by atoms with E-state index >= 15 is 0 Å². The molecule has 0 aromatic rings. The van der Waals surface area contributed by atoms with Gasteiger partial charge in [-0.3, -0.25) is 4.79 Å². The summed E-state index contributed by atoms with van der Waals surface area (Å²) in [6.45, 7) is 2.12. The van der Waals surface area contributed by atoms with Gasteiger partial charge in [0.1, 0.15) is 4.87 Å². The monoisotopic (exact) mass is 388 g/mol. The van der Waals surface area contributed by atoms with Crippen molar-refractivity contribution in [2.24, 2.45) is 5.92 Å². The second-order valence-corrected chi connectivity index (χ2v) is 7.71. The normalized spacial score (nSPS) is 36.5. The molecule has 0 amide bonds. The zero-order valence-electron chi connectivity index (χ0n) is 12.8. The summed E-state index contributed by atoms with van der Waals surface area (Å²) in [6, 6.07) is 0. The Balaban J connectivity index is 2.43. The minimum atomic E-state index is -1.69. The second kappa shape index (κ2) is 6.42. The molecule has 1 saturated carbocycles. The maximum atomic E-state index is 12.9. The van der Waals surface area contributed by atoms with E-state index in [1.807, 2.05) is 0 Å². The molecule has 0 unspecified atom stereocenters. The van der Waals surface area contributed by atoms with Crippen LogP contribution in [0.1, 0.15) is 39.0 Å². The number of Topliss-reactive ketones (excluding diaryl/α,β-unsaturated/α-hetero) is 1. The van der Waals surface area contributed by atoms with Gasteiger partial charge in [0.25, 0.3) is 0 Å². The fraction of sp³-hybridized carbons (Fsp3) is 0.800. The van der Waals surface area contributed by atoms with E-state index in [2.05, 4.69) is 6.92 Å². The van der Waals surface area contributed by atoms with Crippen molar-refractivity contribution in [1.82, 2.24) is 0 Å². The van der Waals surface area contributed by atoms with E-state index in [0.717, 1.165) is 25.7 Å². The number of halogens is 4. The number of ether oxygens (including phenoxy) is 2. The van der Waals surface area contributed by atoms with Crippen LogP contribution in [-0.2, 0) is 14.3 Å². The van der Waals surface area contributed by atoms with Crippen LogP contribution in [0.15, 0.2) is 10.1 Å². The summed E-state index contributed by atoms with van der Waals surface area (Å²) in [5, 5.41) is 0.152. The zero-order chi connectivity index (χ0) is 16.8. The number of unbranched alkanes of at least 4 members (excludes halogenated alkanes) is 3. The van der Waals surface area contributed by atoms with E-state index in [9.17, 15) is 4.79 Å². The summed E-state index contributed by atoms with van der Waals surface area (Å²) in [5.41, 5.74) is 0. The first-order valence-corrected chi connectivity index (χ1v) is 8.89. The minimum absolute atomic E-state index is 0.00402. The smallest absolute Gasteiger partial charge is 0.225 e. The van der Waals surface area contributed by atoms with Crippen molar-refractivity contribution in [3.8, 4) is 0 Å².